The van der Waals surface area contributed by atoms with E-state index in [0.29, 0.717) is 69.3 Å². The van der Waals surface area contributed by atoms with Gasteiger partial charge in [0.2, 0.25) is 5.95 Å². The molecule has 0 aliphatic carbocycles. The molecule has 0 amide bonds. The highest BCUT2D eigenvalue weighted by Gasteiger charge is 2.19. The molecule has 4 heterocycles. The first-order valence-electron chi connectivity index (χ1n) is 12.2. The number of ether oxygens (including phenoxy) is 3. The molecule has 0 saturated carbocycles. The Balaban J connectivity index is 1.33. The van der Waals surface area contributed by atoms with Gasteiger partial charge in [0.05, 0.1) is 56.2 Å². The lowest BCUT2D eigenvalue weighted by molar-refractivity contribution is 0.122. The molecular formula is C26H30N6O4S. The van der Waals surface area contributed by atoms with Crippen LogP contribution in [-0.2, 0) is 31.2 Å². The fourth-order valence-electron chi connectivity index (χ4n) is 4.20. The zero-order chi connectivity index (χ0) is 25.6. The van der Waals surface area contributed by atoms with Gasteiger partial charge in [0, 0.05) is 32.1 Å². The predicted molar refractivity (Wildman–Crippen MR) is 140 cm³/mol. The number of hydrogen-bond donors (Lipinski definition) is 1. The van der Waals surface area contributed by atoms with Gasteiger partial charge in [0.25, 0.3) is 0 Å². The lowest BCUT2D eigenvalue weighted by atomic mass is 10.1. The van der Waals surface area contributed by atoms with Crippen molar-refractivity contribution in [2.45, 2.75) is 19.4 Å². The van der Waals surface area contributed by atoms with Crippen molar-refractivity contribution in [2.24, 2.45) is 7.05 Å². The number of aromatic nitrogens is 5. The van der Waals surface area contributed by atoms with Crippen molar-refractivity contribution in [3.63, 3.8) is 0 Å². The lowest BCUT2D eigenvalue weighted by Gasteiger charge is -2.27. The number of aliphatic hydroxyl groups is 1. The van der Waals surface area contributed by atoms with Gasteiger partial charge in [0.15, 0.2) is 0 Å². The number of hydrogen-bond acceptors (Lipinski definition) is 10. The summed E-state index contributed by atoms with van der Waals surface area (Å²) < 4.78 is 18.8. The van der Waals surface area contributed by atoms with Crippen LogP contribution < -0.4 is 14.4 Å². The van der Waals surface area contributed by atoms with Gasteiger partial charge in [-0.05, 0) is 29.1 Å². The largest absolute Gasteiger partial charge is 0.496 e. The Morgan fingerprint density at radius 2 is 1.97 bits per heavy atom. The highest BCUT2D eigenvalue weighted by Crippen LogP contribution is 2.26. The maximum absolute atomic E-state index is 9.45. The van der Waals surface area contributed by atoms with E-state index in [1.54, 1.807) is 18.4 Å². The summed E-state index contributed by atoms with van der Waals surface area (Å²) in [5, 5.41) is 16.2. The van der Waals surface area contributed by atoms with Crippen LogP contribution in [-0.4, -0.2) is 69.9 Å². The average molecular weight is 523 g/mol. The maximum atomic E-state index is 9.45. The van der Waals surface area contributed by atoms with E-state index in [1.807, 2.05) is 36.0 Å². The van der Waals surface area contributed by atoms with Gasteiger partial charge in [-0.15, -0.1) is 11.3 Å². The minimum absolute atomic E-state index is 0.0665. The summed E-state index contributed by atoms with van der Waals surface area (Å²) in [5.41, 5.74) is 3.73. The zero-order valence-corrected chi connectivity index (χ0v) is 21.8. The Hall–Kier alpha value is -3.54. The molecule has 1 aliphatic rings. The number of rotatable bonds is 10. The minimum Gasteiger partial charge on any atom is -0.496 e. The summed E-state index contributed by atoms with van der Waals surface area (Å²) in [4.78, 5) is 17.2. The molecule has 0 radical (unpaired) electrons. The molecule has 1 aliphatic heterocycles. The molecule has 0 spiro atoms. The average Bonchev–Trinajstić information content (AvgIpc) is 3.58. The molecule has 0 bridgehead atoms. The third-order valence-electron chi connectivity index (χ3n) is 6.13. The van der Waals surface area contributed by atoms with Gasteiger partial charge < -0.3 is 24.2 Å². The predicted octanol–water partition coefficient (Wildman–Crippen LogP) is 2.88. The summed E-state index contributed by atoms with van der Waals surface area (Å²) in [6.07, 6.45) is 1.11. The number of aryl methyl sites for hydroxylation is 1. The molecular weight excluding hydrogens is 492 g/mol. The van der Waals surface area contributed by atoms with E-state index in [1.165, 1.54) is 4.88 Å². The van der Waals surface area contributed by atoms with E-state index in [-0.39, 0.29) is 6.61 Å². The summed E-state index contributed by atoms with van der Waals surface area (Å²) in [6.45, 7) is 3.02. The van der Waals surface area contributed by atoms with Gasteiger partial charge in [-0.2, -0.15) is 20.1 Å². The highest BCUT2D eigenvalue weighted by atomic mass is 32.1. The Morgan fingerprint density at radius 3 is 2.73 bits per heavy atom. The van der Waals surface area contributed by atoms with Crippen LogP contribution in [0.25, 0.3) is 10.6 Å². The third-order valence-corrected chi connectivity index (χ3v) is 7.02. The number of aliphatic hydroxyl groups excluding tert-OH is 1. The van der Waals surface area contributed by atoms with E-state index in [9.17, 15) is 5.11 Å². The molecule has 0 unspecified atom stereocenters. The number of morpholine rings is 1. The van der Waals surface area contributed by atoms with Crippen LogP contribution in [0.1, 0.15) is 22.6 Å². The number of benzene rings is 1. The second-order valence-corrected chi connectivity index (χ2v) is 9.58. The maximum Gasteiger partial charge on any atom is 0.321 e. The molecule has 4 aromatic rings. The molecule has 1 N–H and O–H groups in total. The molecule has 5 rings (SSSR count). The van der Waals surface area contributed by atoms with Crippen LogP contribution in [0.2, 0.25) is 0 Å². The topological polar surface area (TPSA) is 108 Å². The van der Waals surface area contributed by atoms with E-state index in [2.05, 4.69) is 37.5 Å². The molecule has 1 aromatic carbocycles. The van der Waals surface area contributed by atoms with E-state index < -0.39 is 0 Å². The van der Waals surface area contributed by atoms with Crippen LogP contribution >= 0.6 is 11.3 Å². The number of thiophene rings is 1. The Bertz CT molecular complexity index is 1320. The molecule has 194 valence electrons. The van der Waals surface area contributed by atoms with E-state index in [4.69, 9.17) is 19.2 Å². The molecule has 0 atom stereocenters. The van der Waals surface area contributed by atoms with Crippen LogP contribution in [0, 0.1) is 0 Å². The summed E-state index contributed by atoms with van der Waals surface area (Å²) in [7, 11) is 3.54. The van der Waals surface area contributed by atoms with Crippen LogP contribution in [0.15, 0.2) is 41.8 Å². The van der Waals surface area contributed by atoms with Crippen LogP contribution in [0.3, 0.4) is 0 Å². The first kappa shape index (κ1) is 25.1. The van der Waals surface area contributed by atoms with Crippen molar-refractivity contribution in [1.29, 1.82) is 0 Å². The Kier molecular flexibility index (Phi) is 7.93. The Labute approximate surface area is 219 Å². The van der Waals surface area contributed by atoms with Crippen molar-refractivity contribution >= 4 is 17.3 Å². The van der Waals surface area contributed by atoms with Gasteiger partial charge in [-0.1, -0.05) is 18.2 Å². The monoisotopic (exact) mass is 522 g/mol. The first-order chi connectivity index (χ1) is 18.1. The van der Waals surface area contributed by atoms with Crippen molar-refractivity contribution in [1.82, 2.24) is 24.7 Å². The first-order valence-corrected chi connectivity index (χ1v) is 13.0. The number of nitrogens with zero attached hydrogens (tertiary/aromatic N) is 6. The van der Waals surface area contributed by atoms with Gasteiger partial charge in [0.1, 0.15) is 11.6 Å². The fraction of sp³-hybridized carbons (Fsp3) is 0.385. The number of methoxy groups -OCH3 is 1. The normalized spacial score (nSPS) is 13.6. The van der Waals surface area contributed by atoms with Gasteiger partial charge in [-0.3, -0.25) is 4.68 Å². The van der Waals surface area contributed by atoms with Crippen molar-refractivity contribution < 1.29 is 19.3 Å². The summed E-state index contributed by atoms with van der Waals surface area (Å²) in [6, 6.07) is 12.2. The zero-order valence-electron chi connectivity index (χ0n) is 21.0. The standard InChI is InChI=1S/C26H30N6O4S/c1-31-21(23-4-3-13-37-23)15-20(30-31)16-24-27-25(32-8-11-35-12-9-32)29-26(28-24)36-10-7-18-5-6-19(17-33)22(14-18)34-2/h3-6,13-15,33H,7-12,16-17H2,1-2H3. The molecule has 37 heavy (non-hydrogen) atoms. The smallest absolute Gasteiger partial charge is 0.321 e. The van der Waals surface area contributed by atoms with Crippen molar-refractivity contribution in [2.75, 3.05) is 44.9 Å². The van der Waals surface area contributed by atoms with Gasteiger partial charge >= 0.3 is 6.01 Å². The molecule has 11 heteroatoms. The Morgan fingerprint density at radius 1 is 1.11 bits per heavy atom. The molecule has 1 saturated heterocycles. The molecule has 10 nitrogen and oxygen atoms in total. The van der Waals surface area contributed by atoms with E-state index in [0.717, 1.165) is 22.5 Å². The van der Waals surface area contributed by atoms with Crippen LogP contribution in [0.4, 0.5) is 5.95 Å². The quantitative estimate of drug-likeness (QED) is 0.336. The molecule has 3 aromatic heterocycles. The SMILES string of the molecule is COc1cc(CCOc2nc(Cc3cc(-c4cccs4)n(C)n3)nc(N3CCOCC3)n2)ccc1CO. The molecule has 1 fully saturated rings. The minimum atomic E-state index is -0.0665. The second-order valence-electron chi connectivity index (χ2n) is 8.64. The highest BCUT2D eigenvalue weighted by molar-refractivity contribution is 7.13. The number of anilines is 1. The van der Waals surface area contributed by atoms with Gasteiger partial charge in [-0.25, -0.2) is 0 Å². The second kappa shape index (κ2) is 11.7. The summed E-state index contributed by atoms with van der Waals surface area (Å²) >= 11 is 1.68. The van der Waals surface area contributed by atoms with Crippen molar-refractivity contribution in [3.05, 3.63) is 64.4 Å². The van der Waals surface area contributed by atoms with Crippen molar-refractivity contribution in [3.8, 4) is 22.3 Å². The van der Waals surface area contributed by atoms with E-state index >= 15 is 0 Å². The fourth-order valence-corrected chi connectivity index (χ4v) is 4.97. The van der Waals surface area contributed by atoms with Crippen LogP contribution in [0.5, 0.6) is 11.8 Å². The third kappa shape index (κ3) is 6.07. The summed E-state index contributed by atoms with van der Waals surface area (Å²) in [5.74, 6) is 1.86. The lowest BCUT2D eigenvalue weighted by Crippen LogP contribution is -2.37.